The summed E-state index contributed by atoms with van der Waals surface area (Å²) in [5.74, 6) is 0.128. The van der Waals surface area contributed by atoms with Gasteiger partial charge in [-0.05, 0) is 41.6 Å². The lowest BCUT2D eigenvalue weighted by Crippen LogP contribution is -2.20. The Hall–Kier alpha value is -3.55. The van der Waals surface area contributed by atoms with E-state index in [0.717, 1.165) is 11.1 Å². The van der Waals surface area contributed by atoms with Crippen LogP contribution in [0.4, 0.5) is 11.4 Å². The van der Waals surface area contributed by atoms with Crippen molar-refractivity contribution in [1.82, 2.24) is 20.2 Å². The molecule has 8 heteroatoms. The summed E-state index contributed by atoms with van der Waals surface area (Å²) in [5, 5.41) is 17.0. The highest BCUT2D eigenvalue weighted by Gasteiger charge is 2.12. The molecule has 26 heavy (non-hydrogen) atoms. The van der Waals surface area contributed by atoms with E-state index in [-0.39, 0.29) is 18.4 Å². The van der Waals surface area contributed by atoms with Crippen molar-refractivity contribution in [1.29, 1.82) is 0 Å². The number of anilines is 2. The van der Waals surface area contributed by atoms with E-state index in [1.165, 1.54) is 11.6 Å². The molecule has 0 saturated heterocycles. The van der Waals surface area contributed by atoms with Gasteiger partial charge in [-0.1, -0.05) is 29.8 Å². The molecular weight excluding hydrogens is 332 g/mol. The quantitative estimate of drug-likeness (QED) is 0.735. The zero-order valence-corrected chi connectivity index (χ0v) is 14.4. The zero-order chi connectivity index (χ0) is 18.5. The third kappa shape index (κ3) is 4.29. The van der Waals surface area contributed by atoms with E-state index in [9.17, 15) is 9.59 Å². The van der Waals surface area contributed by atoms with Gasteiger partial charge in [0.05, 0.1) is 0 Å². The molecule has 3 aromatic rings. The molecule has 8 nitrogen and oxygen atoms in total. The number of amides is 2. The van der Waals surface area contributed by atoms with Crippen molar-refractivity contribution in [2.24, 2.45) is 0 Å². The average Bonchev–Trinajstić information content (AvgIpc) is 3.05. The second kappa shape index (κ2) is 7.56. The van der Waals surface area contributed by atoms with Crippen molar-refractivity contribution in [3.63, 3.8) is 0 Å². The highest BCUT2D eigenvalue weighted by molar-refractivity contribution is 5.92. The molecule has 2 N–H and O–H groups in total. The molecule has 0 radical (unpaired) electrons. The lowest BCUT2D eigenvalue weighted by Gasteiger charge is -2.08. The van der Waals surface area contributed by atoms with Crippen LogP contribution in [0.5, 0.6) is 0 Å². The number of aromatic nitrogens is 4. The first-order chi connectivity index (χ1) is 12.5. The topological polar surface area (TPSA) is 102 Å². The summed E-state index contributed by atoms with van der Waals surface area (Å²) in [7, 11) is 0. The van der Waals surface area contributed by atoms with Crippen LogP contribution >= 0.6 is 0 Å². The first-order valence-electron chi connectivity index (χ1n) is 8.02. The van der Waals surface area contributed by atoms with Crippen molar-refractivity contribution in [2.75, 3.05) is 10.6 Å². The van der Waals surface area contributed by atoms with Crippen LogP contribution < -0.4 is 10.6 Å². The van der Waals surface area contributed by atoms with E-state index < -0.39 is 0 Å². The monoisotopic (exact) mass is 350 g/mol. The number of rotatable bonds is 5. The molecule has 1 aromatic heterocycles. The van der Waals surface area contributed by atoms with Gasteiger partial charge >= 0.3 is 0 Å². The summed E-state index contributed by atoms with van der Waals surface area (Å²) in [6, 6.07) is 14.6. The van der Waals surface area contributed by atoms with Gasteiger partial charge in [0, 0.05) is 23.9 Å². The Labute approximate surface area is 150 Å². The predicted octanol–water partition coefficient (Wildman–Crippen LogP) is 2.25. The predicted molar refractivity (Wildman–Crippen MR) is 97.4 cm³/mol. The molecule has 3 rings (SSSR count). The summed E-state index contributed by atoms with van der Waals surface area (Å²) in [6.07, 6.45) is 0. The largest absolute Gasteiger partial charge is 0.326 e. The second-order valence-electron chi connectivity index (χ2n) is 5.83. The number of nitrogens with one attached hydrogen (secondary N) is 2. The lowest BCUT2D eigenvalue weighted by molar-refractivity contribution is -0.117. The first-order valence-corrected chi connectivity index (χ1v) is 8.02. The third-order valence-electron chi connectivity index (χ3n) is 3.62. The number of hydrogen-bond acceptors (Lipinski definition) is 5. The van der Waals surface area contributed by atoms with Crippen LogP contribution in [-0.2, 0) is 16.1 Å². The van der Waals surface area contributed by atoms with Gasteiger partial charge in [0.2, 0.25) is 11.8 Å². The molecule has 1 heterocycles. The van der Waals surface area contributed by atoms with Gasteiger partial charge in [-0.2, -0.15) is 0 Å². The third-order valence-corrected chi connectivity index (χ3v) is 3.62. The molecule has 0 aliphatic heterocycles. The minimum atomic E-state index is -0.252. The zero-order valence-electron chi connectivity index (χ0n) is 14.4. The SMILES string of the molecule is CC(=O)Nc1ccc(NC(=O)Cn2nnnc2-c2ccc(C)cc2)cc1. The summed E-state index contributed by atoms with van der Waals surface area (Å²) in [4.78, 5) is 23.3. The summed E-state index contributed by atoms with van der Waals surface area (Å²) < 4.78 is 1.45. The average molecular weight is 350 g/mol. The van der Waals surface area contributed by atoms with Gasteiger partial charge in [-0.3, -0.25) is 9.59 Å². The maximum absolute atomic E-state index is 12.3. The molecule has 0 aliphatic rings. The van der Waals surface area contributed by atoms with Gasteiger partial charge in [0.1, 0.15) is 6.54 Å². The molecule has 2 amide bonds. The Morgan fingerprint density at radius 1 is 0.962 bits per heavy atom. The highest BCUT2D eigenvalue weighted by atomic mass is 16.2. The maximum atomic E-state index is 12.3. The first kappa shape index (κ1) is 17.3. The molecule has 0 bridgehead atoms. The molecule has 0 atom stereocenters. The lowest BCUT2D eigenvalue weighted by atomic mass is 10.1. The normalized spacial score (nSPS) is 10.4. The van der Waals surface area contributed by atoms with Crippen molar-refractivity contribution in [3.8, 4) is 11.4 Å². The van der Waals surface area contributed by atoms with Crippen LogP contribution in [0.1, 0.15) is 12.5 Å². The van der Waals surface area contributed by atoms with Crippen LogP contribution in [0.25, 0.3) is 11.4 Å². The summed E-state index contributed by atoms with van der Waals surface area (Å²) in [5.41, 5.74) is 3.26. The van der Waals surface area contributed by atoms with Crippen molar-refractivity contribution in [2.45, 2.75) is 20.4 Å². The minimum Gasteiger partial charge on any atom is -0.326 e. The van der Waals surface area contributed by atoms with Gasteiger partial charge in [-0.15, -0.1) is 5.10 Å². The van der Waals surface area contributed by atoms with Gasteiger partial charge in [0.25, 0.3) is 0 Å². The molecule has 0 saturated carbocycles. The summed E-state index contributed by atoms with van der Waals surface area (Å²) in [6.45, 7) is 3.43. The van der Waals surface area contributed by atoms with Gasteiger partial charge < -0.3 is 10.6 Å². The molecule has 0 spiro atoms. The van der Waals surface area contributed by atoms with Crippen molar-refractivity contribution in [3.05, 3.63) is 54.1 Å². The number of tetrazole rings is 1. The standard InChI is InChI=1S/C18H18N6O2/c1-12-3-5-14(6-4-12)18-21-22-23-24(18)11-17(26)20-16-9-7-15(8-10-16)19-13(2)25/h3-10H,11H2,1-2H3,(H,19,25)(H,20,26). The number of hydrogen-bond donors (Lipinski definition) is 2. The fourth-order valence-corrected chi connectivity index (χ4v) is 2.40. The Kier molecular flexibility index (Phi) is 5.02. The summed E-state index contributed by atoms with van der Waals surface area (Å²) >= 11 is 0. The molecule has 2 aromatic carbocycles. The van der Waals surface area contributed by atoms with E-state index >= 15 is 0 Å². The van der Waals surface area contributed by atoms with Crippen molar-refractivity contribution < 1.29 is 9.59 Å². The number of aryl methyl sites for hydroxylation is 1. The minimum absolute atomic E-state index is 0.0103. The number of carbonyl (C=O) groups is 2. The number of benzene rings is 2. The molecular formula is C18H18N6O2. The Morgan fingerprint density at radius 3 is 2.19 bits per heavy atom. The second-order valence-corrected chi connectivity index (χ2v) is 5.83. The van der Waals surface area contributed by atoms with E-state index in [4.69, 9.17) is 0 Å². The Morgan fingerprint density at radius 2 is 1.58 bits per heavy atom. The number of carbonyl (C=O) groups excluding carboxylic acids is 2. The smallest absolute Gasteiger partial charge is 0.246 e. The van der Waals surface area contributed by atoms with Crippen LogP contribution in [-0.4, -0.2) is 32.0 Å². The van der Waals surface area contributed by atoms with Crippen LogP contribution in [0.3, 0.4) is 0 Å². The maximum Gasteiger partial charge on any atom is 0.246 e. The molecule has 0 fully saturated rings. The molecule has 0 aliphatic carbocycles. The Balaban J connectivity index is 1.66. The van der Waals surface area contributed by atoms with Crippen LogP contribution in [0.2, 0.25) is 0 Å². The highest BCUT2D eigenvalue weighted by Crippen LogP contribution is 2.17. The van der Waals surface area contributed by atoms with Gasteiger partial charge in [0.15, 0.2) is 5.82 Å². The molecule has 132 valence electrons. The van der Waals surface area contributed by atoms with E-state index in [2.05, 4.69) is 26.2 Å². The fraction of sp³-hybridized carbons (Fsp3) is 0.167. The number of nitrogens with zero attached hydrogens (tertiary/aromatic N) is 4. The van der Waals surface area contributed by atoms with Crippen LogP contribution in [0, 0.1) is 6.92 Å². The van der Waals surface area contributed by atoms with Crippen molar-refractivity contribution >= 4 is 23.2 Å². The van der Waals surface area contributed by atoms with E-state index in [0.29, 0.717) is 17.2 Å². The van der Waals surface area contributed by atoms with E-state index in [1.54, 1.807) is 24.3 Å². The fourth-order valence-electron chi connectivity index (χ4n) is 2.40. The van der Waals surface area contributed by atoms with Gasteiger partial charge in [-0.25, -0.2) is 4.68 Å². The Bertz CT molecular complexity index is 916. The van der Waals surface area contributed by atoms with Crippen LogP contribution in [0.15, 0.2) is 48.5 Å². The van der Waals surface area contributed by atoms with E-state index in [1.807, 2.05) is 31.2 Å². The molecule has 0 unspecified atom stereocenters.